The molecule has 1 aromatic carbocycles. The van der Waals surface area contributed by atoms with Gasteiger partial charge in [0.1, 0.15) is 9.88 Å². The molecule has 1 N–H and O–H groups in total. The van der Waals surface area contributed by atoms with E-state index in [-0.39, 0.29) is 5.91 Å². The number of carbonyl (C=O) groups is 1. The van der Waals surface area contributed by atoms with E-state index in [1.165, 1.54) is 23.5 Å². The average molecular weight is 383 g/mol. The summed E-state index contributed by atoms with van der Waals surface area (Å²) in [6.45, 7) is 3.51. The van der Waals surface area contributed by atoms with Gasteiger partial charge >= 0.3 is 6.18 Å². The lowest BCUT2D eigenvalue weighted by Gasteiger charge is -2.06. The highest BCUT2D eigenvalue weighted by Gasteiger charge is 2.30. The Bertz CT molecular complexity index is 914. The molecule has 130 valence electrons. The summed E-state index contributed by atoms with van der Waals surface area (Å²) >= 11 is 2.45. The second-order valence-electron chi connectivity index (χ2n) is 5.26. The number of anilines is 1. The molecule has 2 heterocycles. The molecule has 2 aromatic heterocycles. The maximum absolute atomic E-state index is 12.6. The van der Waals surface area contributed by atoms with Crippen LogP contribution in [0.4, 0.5) is 18.3 Å². The first-order chi connectivity index (χ1) is 11.7. The summed E-state index contributed by atoms with van der Waals surface area (Å²) in [5, 5.41) is 5.51. The van der Waals surface area contributed by atoms with Crippen LogP contribution in [-0.2, 0) is 6.18 Å². The van der Waals surface area contributed by atoms with Crippen LogP contribution in [0.15, 0.2) is 29.6 Å². The van der Waals surface area contributed by atoms with Crippen molar-refractivity contribution >= 4 is 33.7 Å². The standard InChI is InChI=1S/C16H12F3N3OS2/c1-8-7-24-15(20-8)22-13(23)12-9(2)21-14(25-12)10-3-5-11(6-4-10)16(17,18)19/h3-7H,1-2H3,(H,20,22,23). The molecule has 4 nitrogen and oxygen atoms in total. The summed E-state index contributed by atoms with van der Waals surface area (Å²) < 4.78 is 37.9. The zero-order valence-corrected chi connectivity index (χ0v) is 14.8. The van der Waals surface area contributed by atoms with Crippen LogP contribution in [0.5, 0.6) is 0 Å². The van der Waals surface area contributed by atoms with Crippen LogP contribution in [0.1, 0.15) is 26.6 Å². The highest BCUT2D eigenvalue weighted by Crippen LogP contribution is 2.33. The third kappa shape index (κ3) is 3.88. The average Bonchev–Trinajstić information content (AvgIpc) is 3.12. The Hall–Kier alpha value is -2.26. The van der Waals surface area contributed by atoms with E-state index in [2.05, 4.69) is 15.3 Å². The monoisotopic (exact) mass is 383 g/mol. The fourth-order valence-corrected chi connectivity index (χ4v) is 3.75. The van der Waals surface area contributed by atoms with Gasteiger partial charge in [-0.05, 0) is 26.0 Å². The fraction of sp³-hybridized carbons (Fsp3) is 0.188. The van der Waals surface area contributed by atoms with Crippen LogP contribution in [0.25, 0.3) is 10.6 Å². The molecule has 0 aliphatic carbocycles. The molecule has 0 radical (unpaired) electrons. The van der Waals surface area contributed by atoms with Gasteiger partial charge in [0.15, 0.2) is 5.13 Å². The van der Waals surface area contributed by atoms with Gasteiger partial charge in [0, 0.05) is 10.9 Å². The van der Waals surface area contributed by atoms with Crippen molar-refractivity contribution in [2.45, 2.75) is 20.0 Å². The molecule has 0 spiro atoms. The zero-order chi connectivity index (χ0) is 18.2. The van der Waals surface area contributed by atoms with E-state index in [0.717, 1.165) is 29.2 Å². The van der Waals surface area contributed by atoms with Crippen LogP contribution in [0, 0.1) is 13.8 Å². The second-order valence-corrected chi connectivity index (χ2v) is 7.11. The first-order valence-corrected chi connectivity index (χ1v) is 8.82. The van der Waals surface area contributed by atoms with Crippen LogP contribution in [0.2, 0.25) is 0 Å². The van der Waals surface area contributed by atoms with Gasteiger partial charge in [0.2, 0.25) is 0 Å². The van der Waals surface area contributed by atoms with E-state index < -0.39 is 11.7 Å². The van der Waals surface area contributed by atoms with Crippen LogP contribution < -0.4 is 5.32 Å². The summed E-state index contributed by atoms with van der Waals surface area (Å²) in [7, 11) is 0. The number of hydrogen-bond donors (Lipinski definition) is 1. The quantitative estimate of drug-likeness (QED) is 0.680. The third-order valence-corrected chi connectivity index (χ3v) is 5.38. The third-order valence-electron chi connectivity index (χ3n) is 3.30. The number of aromatic nitrogens is 2. The minimum atomic E-state index is -4.38. The van der Waals surface area contributed by atoms with Crippen LogP contribution in [-0.4, -0.2) is 15.9 Å². The van der Waals surface area contributed by atoms with Crippen LogP contribution in [0.3, 0.4) is 0 Å². The van der Waals surface area contributed by atoms with E-state index in [9.17, 15) is 18.0 Å². The number of thiazole rings is 2. The van der Waals surface area contributed by atoms with Crippen molar-refractivity contribution in [3.63, 3.8) is 0 Å². The molecule has 1 amide bonds. The van der Waals surface area contributed by atoms with Gasteiger partial charge in [0.05, 0.1) is 17.0 Å². The van der Waals surface area contributed by atoms with E-state index in [1.54, 1.807) is 6.92 Å². The Balaban J connectivity index is 1.83. The number of rotatable bonds is 3. The summed E-state index contributed by atoms with van der Waals surface area (Å²) in [6.07, 6.45) is -4.38. The molecule has 0 saturated heterocycles. The first kappa shape index (κ1) is 17.6. The highest BCUT2D eigenvalue weighted by molar-refractivity contribution is 7.17. The SMILES string of the molecule is Cc1csc(NC(=O)c2sc(-c3ccc(C(F)(F)F)cc3)nc2C)n1. The van der Waals surface area contributed by atoms with Gasteiger partial charge in [-0.2, -0.15) is 13.2 Å². The smallest absolute Gasteiger partial charge is 0.297 e. The molecule has 0 unspecified atom stereocenters. The maximum Gasteiger partial charge on any atom is 0.416 e. The predicted molar refractivity (Wildman–Crippen MR) is 92.1 cm³/mol. The van der Waals surface area contributed by atoms with Gasteiger partial charge in [-0.25, -0.2) is 9.97 Å². The minimum Gasteiger partial charge on any atom is -0.297 e. The largest absolute Gasteiger partial charge is 0.416 e. The molecule has 3 aromatic rings. The number of amides is 1. The topological polar surface area (TPSA) is 54.9 Å². The van der Waals surface area contributed by atoms with E-state index in [1.807, 2.05) is 12.3 Å². The molecule has 0 aliphatic rings. The molecular formula is C16H12F3N3OS2. The molecule has 9 heteroatoms. The number of hydrogen-bond acceptors (Lipinski definition) is 5. The van der Waals surface area contributed by atoms with Gasteiger partial charge < -0.3 is 0 Å². The Kier molecular flexibility index (Phi) is 4.61. The molecule has 3 rings (SSSR count). The first-order valence-electron chi connectivity index (χ1n) is 7.12. The normalized spacial score (nSPS) is 11.6. The number of benzene rings is 1. The van der Waals surface area contributed by atoms with Gasteiger partial charge in [-0.15, -0.1) is 22.7 Å². The maximum atomic E-state index is 12.6. The zero-order valence-electron chi connectivity index (χ0n) is 13.1. The van der Waals surface area contributed by atoms with E-state index >= 15 is 0 Å². The molecule has 0 aliphatic heterocycles. The molecule has 0 saturated carbocycles. The number of alkyl halides is 3. The van der Waals surface area contributed by atoms with E-state index in [4.69, 9.17) is 0 Å². The van der Waals surface area contributed by atoms with Crippen molar-refractivity contribution in [3.05, 3.63) is 51.5 Å². The molecule has 0 bridgehead atoms. The van der Waals surface area contributed by atoms with Gasteiger partial charge in [0.25, 0.3) is 5.91 Å². The Labute approximate surface area is 149 Å². The summed E-state index contributed by atoms with van der Waals surface area (Å²) in [6, 6.07) is 4.72. The van der Waals surface area contributed by atoms with Crippen molar-refractivity contribution in [1.29, 1.82) is 0 Å². The fourth-order valence-electron chi connectivity index (χ4n) is 2.10. The Morgan fingerprint density at radius 1 is 1.12 bits per heavy atom. The lowest BCUT2D eigenvalue weighted by atomic mass is 10.1. The number of nitrogens with one attached hydrogen (secondary N) is 1. The highest BCUT2D eigenvalue weighted by atomic mass is 32.1. The van der Waals surface area contributed by atoms with Crippen molar-refractivity contribution < 1.29 is 18.0 Å². The summed E-state index contributed by atoms with van der Waals surface area (Å²) in [5.74, 6) is -0.331. The van der Waals surface area contributed by atoms with Crippen molar-refractivity contribution in [2.75, 3.05) is 5.32 Å². The number of halogens is 3. The van der Waals surface area contributed by atoms with Crippen LogP contribution >= 0.6 is 22.7 Å². The molecular weight excluding hydrogens is 371 g/mol. The Morgan fingerprint density at radius 2 is 1.80 bits per heavy atom. The Morgan fingerprint density at radius 3 is 2.36 bits per heavy atom. The molecule has 0 fully saturated rings. The van der Waals surface area contributed by atoms with Crippen molar-refractivity contribution in [1.82, 2.24) is 9.97 Å². The van der Waals surface area contributed by atoms with Crippen molar-refractivity contribution in [3.8, 4) is 10.6 Å². The number of carbonyl (C=O) groups excluding carboxylic acids is 1. The lowest BCUT2D eigenvalue weighted by Crippen LogP contribution is -2.11. The molecule has 0 atom stereocenters. The number of nitrogens with zero attached hydrogens (tertiary/aromatic N) is 2. The predicted octanol–water partition coefficient (Wildman–Crippen LogP) is 5.15. The van der Waals surface area contributed by atoms with Crippen molar-refractivity contribution in [2.24, 2.45) is 0 Å². The second kappa shape index (κ2) is 6.57. The molecule has 25 heavy (non-hydrogen) atoms. The summed E-state index contributed by atoms with van der Waals surface area (Å²) in [4.78, 5) is 21.2. The lowest BCUT2D eigenvalue weighted by molar-refractivity contribution is -0.137. The van der Waals surface area contributed by atoms with E-state index in [0.29, 0.717) is 26.3 Å². The summed E-state index contributed by atoms with van der Waals surface area (Å²) in [5.41, 5.74) is 1.14. The minimum absolute atomic E-state index is 0.331. The van der Waals surface area contributed by atoms with Gasteiger partial charge in [-0.1, -0.05) is 12.1 Å². The van der Waals surface area contributed by atoms with Gasteiger partial charge in [-0.3, -0.25) is 10.1 Å². The number of aryl methyl sites for hydroxylation is 2.